The number of aryl methyl sites for hydroxylation is 1. The fourth-order valence-corrected chi connectivity index (χ4v) is 3.04. The van der Waals surface area contributed by atoms with Crippen molar-refractivity contribution in [1.29, 1.82) is 0 Å². The first kappa shape index (κ1) is 17.1. The number of aromatic nitrogens is 3. The molecule has 0 radical (unpaired) electrons. The number of carbonyl (C=O) groups excluding carboxylic acids is 1. The van der Waals surface area contributed by atoms with Crippen molar-refractivity contribution in [3.05, 3.63) is 23.5 Å². The lowest BCUT2D eigenvalue weighted by Crippen LogP contribution is -2.42. The topological polar surface area (TPSA) is 97.1 Å². The molecule has 0 saturated carbocycles. The van der Waals surface area contributed by atoms with Crippen LogP contribution >= 0.6 is 11.3 Å². The molecular formula is C15H20N4O3S. The fraction of sp³-hybridized carbons (Fsp3) is 0.467. The highest BCUT2D eigenvalue weighted by molar-refractivity contribution is 7.13. The van der Waals surface area contributed by atoms with Crippen LogP contribution in [0.1, 0.15) is 37.2 Å². The average molecular weight is 336 g/mol. The van der Waals surface area contributed by atoms with Crippen LogP contribution in [-0.4, -0.2) is 38.3 Å². The maximum atomic E-state index is 12.2. The normalized spacial score (nSPS) is 11.4. The molecule has 1 amide bonds. The summed E-state index contributed by atoms with van der Waals surface area (Å²) in [5, 5.41) is 18.5. The molecule has 2 N–H and O–H groups in total. The number of aliphatic carboxylic acids is 1. The summed E-state index contributed by atoms with van der Waals surface area (Å²) in [5.41, 5.74) is 0.205. The lowest BCUT2D eigenvalue weighted by molar-refractivity contribution is -0.149. The first-order valence-electron chi connectivity index (χ1n) is 7.38. The Morgan fingerprint density at radius 2 is 2.09 bits per heavy atom. The van der Waals surface area contributed by atoms with Crippen LogP contribution in [0.4, 0.5) is 0 Å². The fourth-order valence-electron chi connectivity index (χ4n) is 2.26. The van der Waals surface area contributed by atoms with Crippen LogP contribution < -0.4 is 5.32 Å². The highest BCUT2D eigenvalue weighted by Crippen LogP contribution is 2.26. The lowest BCUT2D eigenvalue weighted by atomic mass is 9.82. The zero-order chi connectivity index (χ0) is 17.0. The zero-order valence-corrected chi connectivity index (χ0v) is 14.2. The molecular weight excluding hydrogens is 316 g/mol. The van der Waals surface area contributed by atoms with E-state index in [0.29, 0.717) is 23.5 Å². The highest BCUT2D eigenvalue weighted by atomic mass is 32.1. The van der Waals surface area contributed by atoms with Crippen LogP contribution in [0.3, 0.4) is 0 Å². The van der Waals surface area contributed by atoms with E-state index in [1.807, 2.05) is 27.1 Å². The molecule has 0 aliphatic carbocycles. The summed E-state index contributed by atoms with van der Waals surface area (Å²) in [7, 11) is 1.81. The summed E-state index contributed by atoms with van der Waals surface area (Å²) < 4.78 is 1.67. The van der Waals surface area contributed by atoms with Gasteiger partial charge in [-0.3, -0.25) is 14.3 Å². The van der Waals surface area contributed by atoms with E-state index in [1.165, 1.54) is 11.3 Å². The first-order valence-corrected chi connectivity index (χ1v) is 8.26. The molecule has 0 atom stereocenters. The Kier molecular flexibility index (Phi) is 5.15. The van der Waals surface area contributed by atoms with Gasteiger partial charge in [-0.05, 0) is 12.8 Å². The third-order valence-electron chi connectivity index (χ3n) is 4.08. The molecule has 0 fully saturated rings. The van der Waals surface area contributed by atoms with Crippen molar-refractivity contribution in [1.82, 2.24) is 20.1 Å². The SMILES string of the molecule is CCC(CC)(CNC(=O)c1csc(-c2cnn(C)c2)n1)C(=O)O. The largest absolute Gasteiger partial charge is 0.481 e. The molecule has 7 nitrogen and oxygen atoms in total. The van der Waals surface area contributed by atoms with Gasteiger partial charge in [0.05, 0.1) is 11.6 Å². The lowest BCUT2D eigenvalue weighted by Gasteiger charge is -2.26. The van der Waals surface area contributed by atoms with Crippen LogP contribution in [0, 0.1) is 5.41 Å². The number of nitrogens with zero attached hydrogens (tertiary/aromatic N) is 3. The minimum atomic E-state index is -0.933. The van der Waals surface area contributed by atoms with Crippen LogP contribution in [0.2, 0.25) is 0 Å². The minimum absolute atomic E-state index is 0.0912. The number of amides is 1. The molecule has 0 saturated heterocycles. The highest BCUT2D eigenvalue weighted by Gasteiger charge is 2.35. The molecule has 2 aromatic heterocycles. The van der Waals surface area contributed by atoms with Crippen molar-refractivity contribution in [2.45, 2.75) is 26.7 Å². The van der Waals surface area contributed by atoms with Gasteiger partial charge in [0.1, 0.15) is 10.7 Å². The molecule has 0 spiro atoms. The van der Waals surface area contributed by atoms with Gasteiger partial charge in [-0.25, -0.2) is 4.98 Å². The Hall–Kier alpha value is -2.22. The quantitative estimate of drug-likeness (QED) is 0.807. The maximum Gasteiger partial charge on any atom is 0.311 e. The standard InChI is InChI=1S/C15H20N4O3S/c1-4-15(5-2,14(21)22)9-16-12(20)11-8-23-13(18-11)10-6-17-19(3)7-10/h6-8H,4-5,9H2,1-3H3,(H,16,20)(H,21,22). The number of hydrogen-bond acceptors (Lipinski definition) is 5. The van der Waals surface area contributed by atoms with Gasteiger partial charge in [-0.1, -0.05) is 13.8 Å². The molecule has 0 aromatic carbocycles. The molecule has 8 heteroatoms. The summed E-state index contributed by atoms with van der Waals surface area (Å²) in [4.78, 5) is 28.0. The molecule has 0 aliphatic heterocycles. The molecule has 2 rings (SSSR count). The minimum Gasteiger partial charge on any atom is -0.481 e. The van der Waals surface area contributed by atoms with E-state index in [9.17, 15) is 14.7 Å². The van der Waals surface area contributed by atoms with Gasteiger partial charge in [-0.2, -0.15) is 5.10 Å². The second-order valence-corrected chi connectivity index (χ2v) is 6.27. The van der Waals surface area contributed by atoms with E-state index in [1.54, 1.807) is 16.3 Å². The van der Waals surface area contributed by atoms with Crippen LogP contribution in [0.5, 0.6) is 0 Å². The predicted octanol–water partition coefficient (Wildman–Crippen LogP) is 2.16. The Labute approximate surface area is 138 Å². The summed E-state index contributed by atoms with van der Waals surface area (Å²) in [6, 6.07) is 0. The van der Waals surface area contributed by atoms with Gasteiger partial charge in [0.15, 0.2) is 0 Å². The van der Waals surface area contributed by atoms with E-state index in [4.69, 9.17) is 0 Å². The molecule has 0 unspecified atom stereocenters. The van der Waals surface area contributed by atoms with E-state index in [2.05, 4.69) is 15.4 Å². The predicted molar refractivity (Wildman–Crippen MR) is 87.3 cm³/mol. The maximum absolute atomic E-state index is 12.2. The molecule has 23 heavy (non-hydrogen) atoms. The smallest absolute Gasteiger partial charge is 0.311 e. The summed E-state index contributed by atoms with van der Waals surface area (Å²) in [5.74, 6) is -1.25. The van der Waals surface area contributed by atoms with Gasteiger partial charge >= 0.3 is 5.97 Å². The molecule has 0 bridgehead atoms. The van der Waals surface area contributed by atoms with Crippen LogP contribution in [-0.2, 0) is 11.8 Å². The second-order valence-electron chi connectivity index (χ2n) is 5.42. The second kappa shape index (κ2) is 6.91. The van der Waals surface area contributed by atoms with E-state index in [0.717, 1.165) is 5.56 Å². The van der Waals surface area contributed by atoms with Crippen molar-refractivity contribution < 1.29 is 14.7 Å². The number of rotatable bonds is 7. The number of carboxylic acid groups (broad SMARTS) is 1. The molecule has 124 valence electrons. The zero-order valence-electron chi connectivity index (χ0n) is 13.4. The third-order valence-corrected chi connectivity index (χ3v) is 4.97. The number of carboxylic acids is 1. The number of nitrogens with one attached hydrogen (secondary N) is 1. The van der Waals surface area contributed by atoms with Crippen LogP contribution in [0.25, 0.3) is 10.6 Å². The van der Waals surface area contributed by atoms with Gasteiger partial charge in [0.25, 0.3) is 5.91 Å². The van der Waals surface area contributed by atoms with E-state index < -0.39 is 11.4 Å². The van der Waals surface area contributed by atoms with Crippen molar-refractivity contribution in [3.63, 3.8) is 0 Å². The Bertz CT molecular complexity index is 703. The van der Waals surface area contributed by atoms with E-state index >= 15 is 0 Å². The molecule has 0 aliphatic rings. The number of thiazole rings is 1. The van der Waals surface area contributed by atoms with Crippen molar-refractivity contribution >= 4 is 23.2 Å². The molecule has 2 aromatic rings. The summed E-state index contributed by atoms with van der Waals surface area (Å²) in [6.45, 7) is 3.72. The van der Waals surface area contributed by atoms with E-state index in [-0.39, 0.29) is 12.5 Å². The third kappa shape index (κ3) is 3.58. The van der Waals surface area contributed by atoms with Crippen LogP contribution in [0.15, 0.2) is 17.8 Å². The van der Waals surface area contributed by atoms with Gasteiger partial charge in [-0.15, -0.1) is 11.3 Å². The van der Waals surface area contributed by atoms with Crippen molar-refractivity contribution in [3.8, 4) is 10.6 Å². The Morgan fingerprint density at radius 3 is 2.61 bits per heavy atom. The Morgan fingerprint density at radius 1 is 1.39 bits per heavy atom. The van der Waals surface area contributed by atoms with Gasteiger partial charge < -0.3 is 10.4 Å². The Balaban J connectivity index is 2.07. The van der Waals surface area contributed by atoms with Gasteiger partial charge in [0, 0.05) is 30.7 Å². The average Bonchev–Trinajstić information content (AvgIpc) is 3.17. The van der Waals surface area contributed by atoms with Crippen molar-refractivity contribution in [2.24, 2.45) is 12.5 Å². The number of hydrogen-bond donors (Lipinski definition) is 2. The number of carbonyl (C=O) groups is 2. The van der Waals surface area contributed by atoms with Crippen molar-refractivity contribution in [2.75, 3.05) is 6.54 Å². The summed E-state index contributed by atoms with van der Waals surface area (Å²) >= 11 is 1.35. The first-order chi connectivity index (χ1) is 10.9. The van der Waals surface area contributed by atoms with Gasteiger partial charge in [0.2, 0.25) is 0 Å². The summed E-state index contributed by atoms with van der Waals surface area (Å²) in [6.07, 6.45) is 4.42. The monoisotopic (exact) mass is 336 g/mol. The molecule has 2 heterocycles.